The molecule has 28 heavy (non-hydrogen) atoms. The van der Waals surface area contributed by atoms with Crippen LogP contribution in [-0.4, -0.2) is 16.7 Å². The van der Waals surface area contributed by atoms with Crippen LogP contribution in [0.15, 0.2) is 40.9 Å². The third-order valence-electron chi connectivity index (χ3n) is 5.88. The van der Waals surface area contributed by atoms with E-state index in [-0.39, 0.29) is 0 Å². The molecule has 0 radical (unpaired) electrons. The van der Waals surface area contributed by atoms with Gasteiger partial charge in [0.2, 0.25) is 11.7 Å². The minimum atomic E-state index is 0.307. The van der Waals surface area contributed by atoms with Crippen molar-refractivity contribution < 1.29 is 9.26 Å². The van der Waals surface area contributed by atoms with Gasteiger partial charge in [0.1, 0.15) is 5.75 Å². The fraction of sp³-hybridized carbons (Fsp3) is 0.500. The van der Waals surface area contributed by atoms with Crippen LogP contribution in [0.4, 0.5) is 0 Å². The van der Waals surface area contributed by atoms with Crippen LogP contribution in [0.3, 0.4) is 0 Å². The second-order valence-corrected chi connectivity index (χ2v) is 8.18. The lowest BCUT2D eigenvalue weighted by molar-refractivity contribution is 0.252. The molecule has 0 N–H and O–H groups in total. The van der Waals surface area contributed by atoms with Crippen LogP contribution in [-0.2, 0) is 0 Å². The largest absolute Gasteiger partial charge is 0.493 e. The van der Waals surface area contributed by atoms with E-state index in [1.165, 1.54) is 43.9 Å². The molecule has 0 aliphatic heterocycles. The van der Waals surface area contributed by atoms with Crippen molar-refractivity contribution >= 4 is 10.8 Å². The van der Waals surface area contributed by atoms with Gasteiger partial charge in [0.15, 0.2) is 0 Å². The van der Waals surface area contributed by atoms with Crippen molar-refractivity contribution in [3.05, 3.63) is 42.3 Å². The van der Waals surface area contributed by atoms with Crippen molar-refractivity contribution in [1.29, 1.82) is 0 Å². The highest BCUT2D eigenvalue weighted by molar-refractivity contribution is 5.87. The van der Waals surface area contributed by atoms with Gasteiger partial charge < -0.3 is 9.26 Å². The average molecular weight is 379 g/mol. The second kappa shape index (κ2) is 8.76. The zero-order valence-corrected chi connectivity index (χ0v) is 17.0. The van der Waals surface area contributed by atoms with E-state index in [9.17, 15) is 0 Å². The summed E-state index contributed by atoms with van der Waals surface area (Å²) in [5.41, 5.74) is 0.991. The molecule has 1 aliphatic carbocycles. The van der Waals surface area contributed by atoms with E-state index < -0.39 is 0 Å². The molecule has 1 aromatic heterocycles. The monoisotopic (exact) mass is 378 g/mol. The molecule has 3 aromatic rings. The summed E-state index contributed by atoms with van der Waals surface area (Å²) in [6, 6.07) is 12.6. The third-order valence-corrected chi connectivity index (χ3v) is 5.88. The van der Waals surface area contributed by atoms with Crippen LogP contribution in [0, 0.1) is 5.92 Å². The number of aromatic nitrogens is 2. The van der Waals surface area contributed by atoms with Crippen LogP contribution in [0.1, 0.15) is 70.6 Å². The van der Waals surface area contributed by atoms with E-state index in [0.717, 1.165) is 41.5 Å². The quantitative estimate of drug-likeness (QED) is 0.435. The molecule has 4 heteroatoms. The third kappa shape index (κ3) is 4.37. The number of nitrogens with zero attached hydrogens (tertiary/aromatic N) is 2. The molecule has 0 bridgehead atoms. The lowest BCUT2D eigenvalue weighted by Crippen LogP contribution is -2.07. The molecule has 1 aliphatic rings. The first-order valence-electron chi connectivity index (χ1n) is 10.7. The molecule has 0 spiro atoms. The lowest BCUT2D eigenvalue weighted by atomic mass is 10.0. The van der Waals surface area contributed by atoms with E-state index in [4.69, 9.17) is 9.26 Å². The maximum atomic E-state index is 6.04. The van der Waals surface area contributed by atoms with E-state index >= 15 is 0 Å². The Morgan fingerprint density at radius 2 is 1.89 bits per heavy atom. The average Bonchev–Trinajstić information content (AvgIpc) is 3.42. The molecule has 1 atom stereocenters. The van der Waals surface area contributed by atoms with Gasteiger partial charge in [-0.1, -0.05) is 62.9 Å². The highest BCUT2D eigenvalue weighted by atomic mass is 16.5. The molecule has 1 unspecified atom stereocenters. The first-order valence-corrected chi connectivity index (χ1v) is 10.7. The zero-order valence-electron chi connectivity index (χ0n) is 17.0. The number of hydrogen-bond acceptors (Lipinski definition) is 4. The van der Waals surface area contributed by atoms with Crippen molar-refractivity contribution in [1.82, 2.24) is 10.1 Å². The first kappa shape index (κ1) is 19.0. The Labute approximate surface area is 167 Å². The van der Waals surface area contributed by atoms with Gasteiger partial charge in [-0.15, -0.1) is 0 Å². The number of rotatable bonds is 8. The Morgan fingerprint density at radius 1 is 1.11 bits per heavy atom. The molecule has 1 heterocycles. The van der Waals surface area contributed by atoms with Gasteiger partial charge in [-0.05, 0) is 54.2 Å². The van der Waals surface area contributed by atoms with Gasteiger partial charge in [0, 0.05) is 11.5 Å². The molecule has 0 amide bonds. The topological polar surface area (TPSA) is 48.2 Å². The SMILES string of the molecule is CCCCC(C)c1nc(-c2ccc3cc(OCC4CCCC4)ccc3c2)no1. The molecule has 148 valence electrons. The van der Waals surface area contributed by atoms with Gasteiger partial charge in [-0.2, -0.15) is 4.98 Å². The van der Waals surface area contributed by atoms with Crippen molar-refractivity contribution in [3.8, 4) is 17.1 Å². The number of fused-ring (bicyclic) bond motifs is 1. The van der Waals surface area contributed by atoms with Crippen LogP contribution in [0.2, 0.25) is 0 Å². The Kier molecular flexibility index (Phi) is 5.94. The molecule has 4 nitrogen and oxygen atoms in total. The number of ether oxygens (including phenoxy) is 1. The molecule has 2 aromatic carbocycles. The summed E-state index contributed by atoms with van der Waals surface area (Å²) in [4.78, 5) is 4.63. The van der Waals surface area contributed by atoms with Crippen LogP contribution in [0.5, 0.6) is 5.75 Å². The van der Waals surface area contributed by atoms with Gasteiger partial charge in [0.25, 0.3) is 0 Å². The van der Waals surface area contributed by atoms with Gasteiger partial charge >= 0.3 is 0 Å². The normalized spacial score (nSPS) is 15.9. The van der Waals surface area contributed by atoms with Crippen molar-refractivity contribution in [3.63, 3.8) is 0 Å². The summed E-state index contributed by atoms with van der Waals surface area (Å²) in [6.45, 7) is 5.19. The minimum absolute atomic E-state index is 0.307. The smallest absolute Gasteiger partial charge is 0.229 e. The molecule has 1 saturated carbocycles. The highest BCUT2D eigenvalue weighted by Crippen LogP contribution is 2.29. The van der Waals surface area contributed by atoms with Crippen LogP contribution in [0.25, 0.3) is 22.2 Å². The maximum absolute atomic E-state index is 6.04. The lowest BCUT2D eigenvalue weighted by Gasteiger charge is -2.12. The Morgan fingerprint density at radius 3 is 2.71 bits per heavy atom. The van der Waals surface area contributed by atoms with E-state index in [1.54, 1.807) is 0 Å². The molecular weight excluding hydrogens is 348 g/mol. The van der Waals surface area contributed by atoms with E-state index in [0.29, 0.717) is 11.7 Å². The predicted molar refractivity (Wildman–Crippen MR) is 113 cm³/mol. The Balaban J connectivity index is 1.47. The number of hydrogen-bond donors (Lipinski definition) is 0. The van der Waals surface area contributed by atoms with Crippen LogP contribution < -0.4 is 4.74 Å². The van der Waals surface area contributed by atoms with Crippen molar-refractivity contribution in [2.24, 2.45) is 5.92 Å². The highest BCUT2D eigenvalue weighted by Gasteiger charge is 2.16. The van der Waals surface area contributed by atoms with Gasteiger partial charge in [-0.25, -0.2) is 0 Å². The fourth-order valence-electron chi connectivity index (χ4n) is 4.03. The standard InChI is InChI=1S/C24H30N2O2/c1-3-4-7-17(2)24-25-23(26-28-24)21-11-10-20-15-22(13-12-19(20)14-21)27-16-18-8-5-6-9-18/h10-15,17-18H,3-9,16H2,1-2H3. The van der Waals surface area contributed by atoms with Gasteiger partial charge in [-0.3, -0.25) is 0 Å². The number of unbranched alkanes of at least 4 members (excludes halogenated alkanes) is 1. The summed E-state index contributed by atoms with van der Waals surface area (Å²) < 4.78 is 11.5. The Bertz CT molecular complexity index is 912. The summed E-state index contributed by atoms with van der Waals surface area (Å²) in [5, 5.41) is 6.54. The second-order valence-electron chi connectivity index (χ2n) is 8.18. The van der Waals surface area contributed by atoms with Crippen molar-refractivity contribution in [2.75, 3.05) is 6.61 Å². The van der Waals surface area contributed by atoms with E-state index in [2.05, 4.69) is 60.4 Å². The Hall–Kier alpha value is -2.36. The summed E-state index contributed by atoms with van der Waals surface area (Å²) in [5.74, 6) is 3.39. The summed E-state index contributed by atoms with van der Waals surface area (Å²) in [6.07, 6.45) is 8.76. The molecule has 0 saturated heterocycles. The van der Waals surface area contributed by atoms with Crippen LogP contribution >= 0.6 is 0 Å². The zero-order chi connectivity index (χ0) is 19.3. The minimum Gasteiger partial charge on any atom is -0.493 e. The van der Waals surface area contributed by atoms with E-state index in [1.807, 2.05) is 0 Å². The van der Waals surface area contributed by atoms with Crippen molar-refractivity contribution in [2.45, 2.75) is 64.7 Å². The fourth-order valence-corrected chi connectivity index (χ4v) is 4.03. The van der Waals surface area contributed by atoms with Gasteiger partial charge in [0.05, 0.1) is 6.61 Å². The summed E-state index contributed by atoms with van der Waals surface area (Å²) in [7, 11) is 0. The first-order chi connectivity index (χ1) is 13.7. The summed E-state index contributed by atoms with van der Waals surface area (Å²) >= 11 is 0. The molecular formula is C24H30N2O2. The predicted octanol–water partition coefficient (Wildman–Crippen LogP) is 6.75. The maximum Gasteiger partial charge on any atom is 0.229 e. The molecule has 4 rings (SSSR count). The molecule has 1 fully saturated rings. The number of benzene rings is 2.